The molecular formula is C19H21N5O2. The predicted octanol–water partition coefficient (Wildman–Crippen LogP) is 2.09. The fourth-order valence-corrected chi connectivity index (χ4v) is 2.69. The molecule has 0 aliphatic rings. The Balaban J connectivity index is 1.82. The summed E-state index contributed by atoms with van der Waals surface area (Å²) in [4.78, 5) is 29.5. The number of carbonyl (C=O) groups is 1. The van der Waals surface area contributed by atoms with E-state index in [1.54, 1.807) is 42.4 Å². The lowest BCUT2D eigenvalue weighted by Gasteiger charge is -2.10. The van der Waals surface area contributed by atoms with Crippen molar-refractivity contribution in [2.45, 2.75) is 26.8 Å². The van der Waals surface area contributed by atoms with Gasteiger partial charge in [-0.2, -0.15) is 4.98 Å². The SMILES string of the molecule is Cc1ccn(CCc2ccccc2)c(=O)c1C(=O)Nc1nc(C)n(C)n1. The summed E-state index contributed by atoms with van der Waals surface area (Å²) in [5.41, 5.74) is 1.56. The van der Waals surface area contributed by atoms with E-state index in [2.05, 4.69) is 15.4 Å². The van der Waals surface area contributed by atoms with Crippen molar-refractivity contribution >= 4 is 11.9 Å². The van der Waals surface area contributed by atoms with E-state index in [1.807, 2.05) is 30.3 Å². The Morgan fingerprint density at radius 3 is 2.54 bits per heavy atom. The zero-order chi connectivity index (χ0) is 18.7. The molecule has 0 saturated carbocycles. The molecule has 0 unspecified atom stereocenters. The Labute approximate surface area is 151 Å². The van der Waals surface area contributed by atoms with Gasteiger partial charge in [0.25, 0.3) is 11.5 Å². The second-order valence-corrected chi connectivity index (χ2v) is 6.17. The molecule has 26 heavy (non-hydrogen) atoms. The monoisotopic (exact) mass is 351 g/mol. The maximum absolute atomic E-state index is 12.8. The lowest BCUT2D eigenvalue weighted by molar-refractivity contribution is 0.102. The van der Waals surface area contributed by atoms with Crippen LogP contribution in [0.25, 0.3) is 0 Å². The van der Waals surface area contributed by atoms with Gasteiger partial charge in [-0.3, -0.25) is 19.6 Å². The van der Waals surface area contributed by atoms with Crippen molar-refractivity contribution < 1.29 is 4.79 Å². The first-order valence-corrected chi connectivity index (χ1v) is 8.38. The van der Waals surface area contributed by atoms with Crippen LogP contribution in [-0.4, -0.2) is 25.2 Å². The summed E-state index contributed by atoms with van der Waals surface area (Å²) in [5, 5.41) is 6.71. The summed E-state index contributed by atoms with van der Waals surface area (Å²) in [6, 6.07) is 11.7. The number of nitrogens with one attached hydrogen (secondary N) is 1. The number of amides is 1. The van der Waals surface area contributed by atoms with Gasteiger partial charge in [0, 0.05) is 19.8 Å². The van der Waals surface area contributed by atoms with Crippen LogP contribution in [0.1, 0.15) is 27.3 Å². The quantitative estimate of drug-likeness (QED) is 0.763. The average Bonchev–Trinajstić information content (AvgIpc) is 2.92. The molecule has 7 nitrogen and oxygen atoms in total. The highest BCUT2D eigenvalue weighted by atomic mass is 16.2. The summed E-state index contributed by atoms with van der Waals surface area (Å²) in [6.45, 7) is 4.03. The molecule has 1 aromatic carbocycles. The number of aryl methyl sites for hydroxylation is 5. The number of aromatic nitrogens is 4. The number of hydrogen-bond donors (Lipinski definition) is 1. The minimum Gasteiger partial charge on any atom is -0.315 e. The molecule has 134 valence electrons. The molecule has 3 rings (SSSR count). The Morgan fingerprint density at radius 2 is 1.88 bits per heavy atom. The van der Waals surface area contributed by atoms with Crippen molar-refractivity contribution in [1.29, 1.82) is 0 Å². The van der Waals surface area contributed by atoms with Gasteiger partial charge >= 0.3 is 0 Å². The van der Waals surface area contributed by atoms with E-state index >= 15 is 0 Å². The van der Waals surface area contributed by atoms with Crippen LogP contribution in [0.4, 0.5) is 5.95 Å². The first-order valence-electron chi connectivity index (χ1n) is 8.38. The molecule has 2 heterocycles. The predicted molar refractivity (Wildman–Crippen MR) is 99.3 cm³/mol. The highest BCUT2D eigenvalue weighted by Crippen LogP contribution is 2.08. The van der Waals surface area contributed by atoms with Crippen molar-refractivity contribution in [3.8, 4) is 0 Å². The lowest BCUT2D eigenvalue weighted by atomic mass is 10.1. The van der Waals surface area contributed by atoms with Gasteiger partial charge in [-0.05, 0) is 37.5 Å². The van der Waals surface area contributed by atoms with Gasteiger partial charge in [0.1, 0.15) is 11.4 Å². The molecule has 0 bridgehead atoms. The number of rotatable bonds is 5. The maximum Gasteiger partial charge on any atom is 0.263 e. The van der Waals surface area contributed by atoms with Crippen molar-refractivity contribution in [1.82, 2.24) is 19.3 Å². The molecule has 1 amide bonds. The highest BCUT2D eigenvalue weighted by molar-refractivity contribution is 6.04. The van der Waals surface area contributed by atoms with Crippen molar-refractivity contribution in [3.05, 3.63) is 75.5 Å². The number of carbonyl (C=O) groups excluding carboxylic acids is 1. The summed E-state index contributed by atoms with van der Waals surface area (Å²) >= 11 is 0. The highest BCUT2D eigenvalue weighted by Gasteiger charge is 2.17. The van der Waals surface area contributed by atoms with E-state index < -0.39 is 5.91 Å². The third-order valence-electron chi connectivity index (χ3n) is 4.29. The second kappa shape index (κ2) is 7.35. The molecule has 0 atom stereocenters. The lowest BCUT2D eigenvalue weighted by Crippen LogP contribution is -2.30. The summed E-state index contributed by atoms with van der Waals surface area (Å²) < 4.78 is 3.12. The molecule has 0 fully saturated rings. The zero-order valence-corrected chi connectivity index (χ0v) is 15.1. The number of hydrogen-bond acceptors (Lipinski definition) is 4. The topological polar surface area (TPSA) is 81.8 Å². The van der Waals surface area contributed by atoms with E-state index in [0.29, 0.717) is 24.4 Å². The summed E-state index contributed by atoms with van der Waals surface area (Å²) in [5.74, 6) is 0.367. The molecule has 0 aliphatic carbocycles. The smallest absolute Gasteiger partial charge is 0.263 e. The van der Waals surface area contributed by atoms with E-state index in [4.69, 9.17) is 0 Å². The first kappa shape index (κ1) is 17.6. The zero-order valence-electron chi connectivity index (χ0n) is 15.1. The molecule has 0 spiro atoms. The van der Waals surface area contributed by atoms with Crippen LogP contribution in [0.2, 0.25) is 0 Å². The number of nitrogens with zero attached hydrogens (tertiary/aromatic N) is 4. The van der Waals surface area contributed by atoms with Crippen LogP contribution in [-0.2, 0) is 20.0 Å². The molecule has 3 aromatic rings. The van der Waals surface area contributed by atoms with Gasteiger partial charge in [0.05, 0.1) is 0 Å². The van der Waals surface area contributed by atoms with Gasteiger partial charge in [-0.15, -0.1) is 5.10 Å². The van der Waals surface area contributed by atoms with Crippen LogP contribution >= 0.6 is 0 Å². The minimum atomic E-state index is -0.493. The average molecular weight is 351 g/mol. The van der Waals surface area contributed by atoms with E-state index in [-0.39, 0.29) is 17.1 Å². The number of pyridine rings is 1. The van der Waals surface area contributed by atoms with Crippen LogP contribution in [0, 0.1) is 13.8 Å². The molecule has 0 radical (unpaired) electrons. The Kier molecular flexibility index (Phi) is 4.97. The van der Waals surface area contributed by atoms with Gasteiger partial charge in [-0.25, -0.2) is 0 Å². The third kappa shape index (κ3) is 3.72. The molecule has 2 aromatic heterocycles. The minimum absolute atomic E-state index is 0.116. The molecule has 0 saturated heterocycles. The Bertz CT molecular complexity index is 969. The van der Waals surface area contributed by atoms with Gasteiger partial charge in [-0.1, -0.05) is 30.3 Å². The first-order chi connectivity index (χ1) is 12.5. The van der Waals surface area contributed by atoms with Gasteiger partial charge < -0.3 is 4.57 Å². The summed E-state index contributed by atoms with van der Waals surface area (Å²) in [7, 11) is 1.74. The van der Waals surface area contributed by atoms with E-state index in [0.717, 1.165) is 5.56 Å². The largest absolute Gasteiger partial charge is 0.315 e. The normalized spacial score (nSPS) is 10.7. The van der Waals surface area contributed by atoms with Crippen molar-refractivity contribution in [3.63, 3.8) is 0 Å². The second-order valence-electron chi connectivity index (χ2n) is 6.17. The van der Waals surface area contributed by atoms with Crippen LogP contribution in [0.3, 0.4) is 0 Å². The van der Waals surface area contributed by atoms with Crippen LogP contribution < -0.4 is 10.9 Å². The van der Waals surface area contributed by atoms with E-state index in [1.165, 1.54) is 0 Å². The molecule has 7 heteroatoms. The molecule has 1 N–H and O–H groups in total. The molecular weight excluding hydrogens is 330 g/mol. The number of anilines is 1. The molecule has 0 aliphatic heterocycles. The van der Waals surface area contributed by atoms with E-state index in [9.17, 15) is 9.59 Å². The fourth-order valence-electron chi connectivity index (χ4n) is 2.69. The third-order valence-corrected chi connectivity index (χ3v) is 4.29. The van der Waals surface area contributed by atoms with Crippen molar-refractivity contribution in [2.75, 3.05) is 5.32 Å². The van der Waals surface area contributed by atoms with Crippen molar-refractivity contribution in [2.24, 2.45) is 7.05 Å². The maximum atomic E-state index is 12.8. The standard InChI is InChI=1S/C19H21N5O2/c1-13-9-11-24(12-10-15-7-5-4-6-8-15)18(26)16(13)17(25)21-19-20-14(2)23(3)22-19/h4-9,11H,10,12H2,1-3H3,(H,21,22,25). The van der Waals surface area contributed by atoms with Crippen LogP contribution in [0.5, 0.6) is 0 Å². The number of benzene rings is 1. The van der Waals surface area contributed by atoms with Crippen LogP contribution in [0.15, 0.2) is 47.4 Å². The fraction of sp³-hybridized carbons (Fsp3) is 0.263. The Hall–Kier alpha value is -3.22. The van der Waals surface area contributed by atoms with Gasteiger partial charge in [0.15, 0.2) is 0 Å². The van der Waals surface area contributed by atoms with Gasteiger partial charge in [0.2, 0.25) is 5.95 Å². The summed E-state index contributed by atoms with van der Waals surface area (Å²) in [6.07, 6.45) is 2.44. The Morgan fingerprint density at radius 1 is 1.15 bits per heavy atom.